The van der Waals surface area contributed by atoms with E-state index in [0.29, 0.717) is 5.56 Å². The number of carbonyl (C=O) groups excluding carboxylic acids is 7. The highest BCUT2D eigenvalue weighted by Gasteiger charge is 2.38. The smallest absolute Gasteiger partial charge is 0.475 e. The Labute approximate surface area is 343 Å². The highest BCUT2D eigenvalue weighted by molar-refractivity contribution is 6.43. The third kappa shape index (κ3) is 19.2. The van der Waals surface area contributed by atoms with Crippen LogP contribution in [0.15, 0.2) is 24.3 Å². The minimum absolute atomic E-state index is 0.104. The van der Waals surface area contributed by atoms with Gasteiger partial charge in [0.1, 0.15) is 30.2 Å². The maximum atomic E-state index is 14.2. The van der Waals surface area contributed by atoms with E-state index in [1.807, 2.05) is 13.8 Å². The summed E-state index contributed by atoms with van der Waals surface area (Å²) in [6.07, 6.45) is -2.00. The summed E-state index contributed by atoms with van der Waals surface area (Å²) in [5.41, 5.74) is 0.320. The summed E-state index contributed by atoms with van der Waals surface area (Å²) in [5.74, 6) is -10.4. The predicted molar refractivity (Wildman–Crippen MR) is 212 cm³/mol. The first-order valence-electron chi connectivity index (χ1n) is 19.1. The molecule has 328 valence electrons. The van der Waals surface area contributed by atoms with Crippen molar-refractivity contribution in [1.82, 2.24) is 31.9 Å². The lowest BCUT2D eigenvalue weighted by atomic mass is 9.77. The molecule has 6 amide bonds. The number of rotatable bonds is 24. The molecule has 0 aliphatic carbocycles. The monoisotopic (exact) mass is 834 g/mol. The second-order valence-corrected chi connectivity index (χ2v) is 15.6. The van der Waals surface area contributed by atoms with Crippen molar-refractivity contribution >= 4 is 60.5 Å². The minimum atomic E-state index is -1.86. The second kappa shape index (κ2) is 24.4. The molecule has 0 saturated carbocycles. The zero-order chi connectivity index (χ0) is 45.2. The Balaban J connectivity index is 3.55. The Bertz CT molecular complexity index is 1670. The highest BCUT2D eigenvalue weighted by Crippen LogP contribution is 2.21. The van der Waals surface area contributed by atoms with Crippen molar-refractivity contribution in [2.45, 2.75) is 130 Å². The van der Waals surface area contributed by atoms with Gasteiger partial charge in [0.15, 0.2) is 6.61 Å². The summed E-state index contributed by atoms with van der Waals surface area (Å²) in [7, 11) is -1.86. The van der Waals surface area contributed by atoms with Crippen LogP contribution in [0.2, 0.25) is 0 Å². The van der Waals surface area contributed by atoms with Crippen LogP contribution in [-0.2, 0) is 54.3 Å². The van der Waals surface area contributed by atoms with Crippen molar-refractivity contribution < 1.29 is 68.1 Å². The number of aliphatic carboxylic acids is 2. The molecule has 0 saturated heterocycles. The first-order chi connectivity index (χ1) is 27.4. The van der Waals surface area contributed by atoms with Gasteiger partial charge in [-0.1, -0.05) is 65.8 Å². The summed E-state index contributed by atoms with van der Waals surface area (Å²) in [5, 5.41) is 52.9. The van der Waals surface area contributed by atoms with E-state index < -0.39 is 128 Å². The standard InChI is InChI=1S/C38H59BN6O14/c1-9-28(39(57)58)44-35(54)25(16-20(2)3)43-37(56)32(38(6,7)8)45-36(55)26(17-23-13-11-10-12-21(23)4)42-33(52)24(14-15-30(48)49)41-34(53)27(18-31(50)51)40-29(47)19-59-22(5)46/h10-13,20,24-28,32,57-58H,9,14-19H2,1-8H3,(H,40,47)(H,41,53)(H,42,52)(H,43,56)(H,44,54)(H,45,55)(H,48,49)(H,50,51)/t24-,25-,26-,27-,28-,32+/m0/s1. The van der Waals surface area contributed by atoms with Crippen LogP contribution in [0, 0.1) is 18.3 Å². The zero-order valence-electron chi connectivity index (χ0n) is 34.7. The van der Waals surface area contributed by atoms with Crippen LogP contribution < -0.4 is 31.9 Å². The van der Waals surface area contributed by atoms with E-state index in [2.05, 4.69) is 36.6 Å². The molecule has 6 atom stereocenters. The number of amides is 6. The van der Waals surface area contributed by atoms with Crippen molar-refractivity contribution in [3.8, 4) is 0 Å². The number of carboxylic acid groups (broad SMARTS) is 2. The Morgan fingerprint density at radius 1 is 0.729 bits per heavy atom. The van der Waals surface area contributed by atoms with E-state index in [1.54, 1.807) is 58.9 Å². The average molecular weight is 835 g/mol. The van der Waals surface area contributed by atoms with Crippen molar-refractivity contribution in [1.29, 1.82) is 0 Å². The van der Waals surface area contributed by atoms with Gasteiger partial charge in [-0.3, -0.25) is 43.2 Å². The van der Waals surface area contributed by atoms with E-state index in [0.717, 1.165) is 12.5 Å². The van der Waals surface area contributed by atoms with Crippen LogP contribution in [0.4, 0.5) is 0 Å². The lowest BCUT2D eigenvalue weighted by Gasteiger charge is -2.34. The van der Waals surface area contributed by atoms with E-state index in [9.17, 15) is 63.4 Å². The molecule has 0 aromatic heterocycles. The molecular weight excluding hydrogens is 775 g/mol. The lowest BCUT2D eigenvalue weighted by molar-refractivity contribution is -0.147. The molecule has 1 rings (SSSR count). The fraction of sp³-hybridized carbons (Fsp3) is 0.605. The Morgan fingerprint density at radius 2 is 1.27 bits per heavy atom. The van der Waals surface area contributed by atoms with E-state index in [4.69, 9.17) is 0 Å². The van der Waals surface area contributed by atoms with Crippen LogP contribution in [0.25, 0.3) is 0 Å². The molecular formula is C38H59BN6O14. The molecule has 0 aliphatic heterocycles. The molecule has 21 heteroatoms. The number of carboxylic acids is 2. The Kier molecular flexibility index (Phi) is 21.3. The van der Waals surface area contributed by atoms with Gasteiger partial charge >= 0.3 is 25.0 Å². The van der Waals surface area contributed by atoms with Gasteiger partial charge < -0.3 is 56.9 Å². The van der Waals surface area contributed by atoms with Gasteiger partial charge in [0.05, 0.1) is 12.4 Å². The second-order valence-electron chi connectivity index (χ2n) is 15.6. The molecule has 1 aromatic rings. The Hall–Kier alpha value is -5.57. The molecule has 1 aromatic carbocycles. The zero-order valence-corrected chi connectivity index (χ0v) is 34.7. The topological polar surface area (TPSA) is 316 Å². The fourth-order valence-electron chi connectivity index (χ4n) is 5.68. The summed E-state index contributed by atoms with van der Waals surface area (Å²) in [4.78, 5) is 115. The van der Waals surface area contributed by atoms with Gasteiger partial charge in [0.25, 0.3) is 5.91 Å². The molecule has 0 bridgehead atoms. The largest absolute Gasteiger partial charge is 0.481 e. The van der Waals surface area contributed by atoms with Crippen molar-refractivity contribution in [2.24, 2.45) is 11.3 Å². The Morgan fingerprint density at radius 3 is 1.78 bits per heavy atom. The summed E-state index contributed by atoms with van der Waals surface area (Å²) < 4.78 is 4.57. The summed E-state index contributed by atoms with van der Waals surface area (Å²) in [6.45, 7) is 12.1. The molecule has 0 heterocycles. The normalized spacial score (nSPS) is 14.2. The van der Waals surface area contributed by atoms with Gasteiger partial charge in [-0.05, 0) is 48.6 Å². The molecule has 0 unspecified atom stereocenters. The van der Waals surface area contributed by atoms with Gasteiger partial charge in [0, 0.05) is 19.8 Å². The summed E-state index contributed by atoms with van der Waals surface area (Å²) in [6, 6.07) is -0.530. The number of hydrogen-bond acceptors (Lipinski definition) is 12. The number of nitrogens with one attached hydrogen (secondary N) is 6. The number of benzene rings is 1. The van der Waals surface area contributed by atoms with Crippen LogP contribution in [0.3, 0.4) is 0 Å². The van der Waals surface area contributed by atoms with Gasteiger partial charge in [0.2, 0.25) is 29.5 Å². The number of aryl methyl sites for hydroxylation is 1. The van der Waals surface area contributed by atoms with Crippen molar-refractivity contribution in [3.05, 3.63) is 35.4 Å². The molecule has 10 N–H and O–H groups in total. The van der Waals surface area contributed by atoms with Gasteiger partial charge in [-0.25, -0.2) is 0 Å². The van der Waals surface area contributed by atoms with E-state index >= 15 is 0 Å². The van der Waals surface area contributed by atoms with Gasteiger partial charge in [-0.2, -0.15) is 0 Å². The maximum absolute atomic E-state index is 14.2. The molecule has 0 radical (unpaired) electrons. The van der Waals surface area contributed by atoms with Crippen LogP contribution in [0.1, 0.15) is 91.7 Å². The number of ether oxygens (including phenoxy) is 1. The molecule has 59 heavy (non-hydrogen) atoms. The van der Waals surface area contributed by atoms with Crippen molar-refractivity contribution in [2.75, 3.05) is 6.61 Å². The molecule has 20 nitrogen and oxygen atoms in total. The summed E-state index contributed by atoms with van der Waals surface area (Å²) >= 11 is 0. The third-order valence-corrected chi connectivity index (χ3v) is 8.92. The van der Waals surface area contributed by atoms with Crippen molar-refractivity contribution in [3.63, 3.8) is 0 Å². The van der Waals surface area contributed by atoms with Crippen LogP contribution in [-0.4, -0.2) is 123 Å². The molecule has 0 aliphatic rings. The minimum Gasteiger partial charge on any atom is -0.481 e. The average Bonchev–Trinajstić information content (AvgIpc) is 3.12. The SMILES string of the molecule is CC[C@H](NC(=O)[C@H](CC(C)C)NC(=O)[C@@H](NC(=O)[C@H](Cc1ccccc1C)NC(=O)[C@H](CCC(=O)O)NC(=O)[C@H](CC(=O)O)NC(=O)COC(C)=O)C(C)(C)C)B(O)O. The number of esters is 1. The molecule has 0 fully saturated rings. The third-order valence-electron chi connectivity index (χ3n) is 8.92. The lowest BCUT2D eigenvalue weighted by Crippen LogP contribution is -2.62. The number of carbonyl (C=O) groups is 9. The van der Waals surface area contributed by atoms with Crippen LogP contribution >= 0.6 is 0 Å². The van der Waals surface area contributed by atoms with Gasteiger partial charge in [-0.15, -0.1) is 0 Å². The van der Waals surface area contributed by atoms with E-state index in [-0.39, 0.29) is 25.2 Å². The molecule has 0 spiro atoms. The van der Waals surface area contributed by atoms with E-state index in [1.165, 1.54) is 0 Å². The maximum Gasteiger partial charge on any atom is 0.475 e. The first-order valence-corrected chi connectivity index (χ1v) is 19.1. The number of hydrogen-bond donors (Lipinski definition) is 10. The quantitative estimate of drug-likeness (QED) is 0.0435. The predicted octanol–water partition coefficient (Wildman–Crippen LogP) is -1.14. The first kappa shape index (κ1) is 51.5. The highest BCUT2D eigenvalue weighted by atomic mass is 16.5. The fourth-order valence-corrected chi connectivity index (χ4v) is 5.68. The van der Waals surface area contributed by atoms with Crippen LogP contribution in [0.5, 0.6) is 0 Å².